The first-order chi connectivity index (χ1) is 9.13. The Bertz CT molecular complexity index is 447. The van der Waals surface area contributed by atoms with Gasteiger partial charge in [0.2, 0.25) is 0 Å². The van der Waals surface area contributed by atoms with Gasteiger partial charge in [0, 0.05) is 16.7 Å². The minimum atomic E-state index is 1.03. The van der Waals surface area contributed by atoms with E-state index in [9.17, 15) is 0 Å². The molecular formula is C17H24BrN. The molecule has 0 spiro atoms. The maximum absolute atomic E-state index is 3.50. The number of hydrogen-bond donors (Lipinski definition) is 1. The summed E-state index contributed by atoms with van der Waals surface area (Å²) < 4.78 is 1.14. The Balaban J connectivity index is 0.000000218. The van der Waals surface area contributed by atoms with E-state index in [4.69, 9.17) is 0 Å². The van der Waals surface area contributed by atoms with E-state index in [1.807, 2.05) is 0 Å². The molecule has 19 heavy (non-hydrogen) atoms. The summed E-state index contributed by atoms with van der Waals surface area (Å²) in [5.41, 5.74) is 3.89. The molecule has 1 aliphatic carbocycles. The van der Waals surface area contributed by atoms with Crippen LogP contribution in [-0.4, -0.2) is 6.54 Å². The molecule has 1 aliphatic rings. The van der Waals surface area contributed by atoms with Gasteiger partial charge in [-0.15, -0.1) is 0 Å². The van der Waals surface area contributed by atoms with E-state index in [2.05, 4.69) is 78.4 Å². The van der Waals surface area contributed by atoms with Crippen LogP contribution in [0.25, 0.3) is 0 Å². The molecule has 0 fully saturated rings. The van der Waals surface area contributed by atoms with Crippen molar-refractivity contribution in [2.24, 2.45) is 0 Å². The molecule has 0 saturated heterocycles. The molecule has 2 heteroatoms. The van der Waals surface area contributed by atoms with Gasteiger partial charge in [0.1, 0.15) is 0 Å². The van der Waals surface area contributed by atoms with Gasteiger partial charge in [-0.2, -0.15) is 0 Å². The highest BCUT2D eigenvalue weighted by Crippen LogP contribution is 2.22. The molecule has 0 atom stereocenters. The lowest BCUT2D eigenvalue weighted by Crippen LogP contribution is -2.00. The molecule has 2 rings (SSSR count). The fourth-order valence-corrected chi connectivity index (χ4v) is 2.17. The number of allylic oxidation sites excluding steroid dienone is 4. The predicted molar refractivity (Wildman–Crippen MR) is 89.8 cm³/mol. The molecule has 0 heterocycles. The van der Waals surface area contributed by atoms with Crippen molar-refractivity contribution < 1.29 is 0 Å². The zero-order valence-electron chi connectivity index (χ0n) is 12.2. The van der Waals surface area contributed by atoms with E-state index in [1.165, 1.54) is 29.7 Å². The largest absolute Gasteiger partial charge is 0.384 e. The van der Waals surface area contributed by atoms with E-state index in [0.29, 0.717) is 0 Å². The molecule has 0 saturated carbocycles. The first-order valence-electron chi connectivity index (χ1n) is 6.96. The molecule has 1 aromatic carbocycles. The number of rotatable bonds is 3. The quantitative estimate of drug-likeness (QED) is 0.734. The van der Waals surface area contributed by atoms with Crippen LogP contribution in [0.4, 0.5) is 5.69 Å². The minimum absolute atomic E-state index is 1.03. The fourth-order valence-electron chi connectivity index (χ4n) is 1.78. The molecule has 0 bridgehead atoms. The van der Waals surface area contributed by atoms with Gasteiger partial charge in [-0.05, 0) is 66.7 Å². The Labute approximate surface area is 125 Å². The van der Waals surface area contributed by atoms with Crippen molar-refractivity contribution in [3.8, 4) is 0 Å². The summed E-state index contributed by atoms with van der Waals surface area (Å²) in [6.07, 6.45) is 10.3. The average molecular weight is 322 g/mol. The second kappa shape index (κ2) is 8.98. The number of benzene rings is 1. The molecule has 0 amide bonds. The second-order valence-electron chi connectivity index (χ2n) is 4.84. The molecule has 1 N–H and O–H groups in total. The summed E-state index contributed by atoms with van der Waals surface area (Å²) in [7, 11) is 0. The number of aryl methyl sites for hydroxylation is 1. The Hall–Kier alpha value is -1.02. The summed E-state index contributed by atoms with van der Waals surface area (Å²) >= 11 is 3.50. The summed E-state index contributed by atoms with van der Waals surface area (Å²) in [5, 5.41) is 3.36. The molecule has 1 nitrogen and oxygen atoms in total. The van der Waals surface area contributed by atoms with Crippen molar-refractivity contribution in [2.45, 2.75) is 40.0 Å². The Kier molecular flexibility index (Phi) is 7.57. The number of hydrogen-bond acceptors (Lipinski definition) is 1. The van der Waals surface area contributed by atoms with Crippen LogP contribution in [0.3, 0.4) is 0 Å². The number of anilines is 1. The van der Waals surface area contributed by atoms with Crippen molar-refractivity contribution in [3.63, 3.8) is 0 Å². The van der Waals surface area contributed by atoms with Gasteiger partial charge in [0.25, 0.3) is 0 Å². The molecule has 0 unspecified atom stereocenters. The van der Waals surface area contributed by atoms with Gasteiger partial charge >= 0.3 is 0 Å². The highest BCUT2D eigenvalue weighted by atomic mass is 79.9. The monoisotopic (exact) mass is 321 g/mol. The maximum atomic E-state index is 3.50. The summed E-state index contributed by atoms with van der Waals surface area (Å²) in [6, 6.07) is 6.33. The standard InChI is InChI=1S/C10H14BrN.C7H10/c1-3-6-12-10-7-8(2)4-5-9(10)11;1-7-5-3-2-4-6-7/h4-5,7,12H,3,6H2,1-2H3;3,5-6H,2,4H2,1H3. The first-order valence-corrected chi connectivity index (χ1v) is 7.76. The van der Waals surface area contributed by atoms with Crippen LogP contribution in [0.15, 0.2) is 46.5 Å². The first kappa shape index (κ1) is 16.0. The Morgan fingerprint density at radius 3 is 2.53 bits per heavy atom. The number of halogens is 1. The van der Waals surface area contributed by atoms with Crippen molar-refractivity contribution in [1.82, 2.24) is 0 Å². The summed E-state index contributed by atoms with van der Waals surface area (Å²) in [5.74, 6) is 0. The van der Waals surface area contributed by atoms with Crippen LogP contribution >= 0.6 is 15.9 Å². The van der Waals surface area contributed by atoms with Crippen molar-refractivity contribution in [2.75, 3.05) is 11.9 Å². The molecule has 0 radical (unpaired) electrons. The van der Waals surface area contributed by atoms with Gasteiger partial charge in [0.15, 0.2) is 0 Å². The van der Waals surface area contributed by atoms with Gasteiger partial charge in [-0.1, -0.05) is 36.8 Å². The normalized spacial score (nSPS) is 13.4. The average Bonchev–Trinajstić information content (AvgIpc) is 2.41. The van der Waals surface area contributed by atoms with Crippen LogP contribution in [0.2, 0.25) is 0 Å². The zero-order valence-corrected chi connectivity index (χ0v) is 13.8. The van der Waals surface area contributed by atoms with Crippen LogP contribution in [-0.2, 0) is 0 Å². The van der Waals surface area contributed by atoms with Crippen molar-refractivity contribution in [1.29, 1.82) is 0 Å². The smallest absolute Gasteiger partial charge is 0.0487 e. The van der Waals surface area contributed by atoms with Crippen molar-refractivity contribution >= 4 is 21.6 Å². The lowest BCUT2D eigenvalue weighted by molar-refractivity contribution is 0.978. The summed E-state index contributed by atoms with van der Waals surface area (Å²) in [4.78, 5) is 0. The minimum Gasteiger partial charge on any atom is -0.384 e. The van der Waals surface area contributed by atoms with E-state index in [1.54, 1.807) is 0 Å². The van der Waals surface area contributed by atoms with Gasteiger partial charge in [-0.25, -0.2) is 0 Å². The molecule has 0 aliphatic heterocycles. The van der Waals surface area contributed by atoms with Crippen LogP contribution in [0.5, 0.6) is 0 Å². The maximum Gasteiger partial charge on any atom is 0.0487 e. The topological polar surface area (TPSA) is 12.0 Å². The van der Waals surface area contributed by atoms with Gasteiger partial charge < -0.3 is 5.32 Å². The Morgan fingerprint density at radius 1 is 1.21 bits per heavy atom. The highest BCUT2D eigenvalue weighted by molar-refractivity contribution is 9.10. The SMILES string of the molecule is CC1=CCCC=C1.CCCNc1cc(C)ccc1Br. The zero-order chi connectivity index (χ0) is 14.1. The lowest BCUT2D eigenvalue weighted by Gasteiger charge is -2.07. The summed E-state index contributed by atoms with van der Waals surface area (Å²) in [6.45, 7) is 7.43. The molecular weight excluding hydrogens is 298 g/mol. The second-order valence-corrected chi connectivity index (χ2v) is 5.69. The van der Waals surface area contributed by atoms with E-state index < -0.39 is 0 Å². The lowest BCUT2D eigenvalue weighted by atomic mass is 10.1. The van der Waals surface area contributed by atoms with Gasteiger partial charge in [-0.3, -0.25) is 0 Å². The third-order valence-corrected chi connectivity index (χ3v) is 3.56. The molecule has 0 aromatic heterocycles. The van der Waals surface area contributed by atoms with E-state index in [0.717, 1.165) is 17.4 Å². The van der Waals surface area contributed by atoms with Crippen LogP contribution in [0.1, 0.15) is 38.7 Å². The predicted octanol–water partition coefficient (Wildman–Crippen LogP) is 5.86. The number of nitrogens with one attached hydrogen (secondary N) is 1. The van der Waals surface area contributed by atoms with E-state index in [-0.39, 0.29) is 0 Å². The van der Waals surface area contributed by atoms with E-state index >= 15 is 0 Å². The Morgan fingerprint density at radius 2 is 2.00 bits per heavy atom. The van der Waals surface area contributed by atoms with Gasteiger partial charge in [0.05, 0.1) is 0 Å². The molecule has 104 valence electrons. The van der Waals surface area contributed by atoms with Crippen LogP contribution in [0, 0.1) is 6.92 Å². The molecule has 1 aromatic rings. The van der Waals surface area contributed by atoms with Crippen LogP contribution < -0.4 is 5.32 Å². The third-order valence-electron chi connectivity index (χ3n) is 2.87. The highest BCUT2D eigenvalue weighted by Gasteiger charge is 1.97. The third kappa shape index (κ3) is 6.63. The fraction of sp³-hybridized carbons (Fsp3) is 0.412. The van der Waals surface area contributed by atoms with Crippen molar-refractivity contribution in [3.05, 3.63) is 52.0 Å².